The maximum absolute atomic E-state index is 6.02. The molecule has 3 heteroatoms. The summed E-state index contributed by atoms with van der Waals surface area (Å²) in [6.45, 7) is 1.90. The van der Waals surface area contributed by atoms with E-state index in [9.17, 15) is 0 Å². The van der Waals surface area contributed by atoms with E-state index in [1.165, 1.54) is 38.5 Å². The van der Waals surface area contributed by atoms with Gasteiger partial charge in [-0.05, 0) is 43.5 Å². The van der Waals surface area contributed by atoms with Crippen LogP contribution in [0.2, 0.25) is 5.02 Å². The molecular formula is C16H24ClNO. The molecule has 1 saturated carbocycles. The van der Waals surface area contributed by atoms with E-state index in [1.807, 2.05) is 18.2 Å². The van der Waals surface area contributed by atoms with Crippen molar-refractivity contribution in [2.45, 2.75) is 45.1 Å². The second kappa shape index (κ2) is 7.76. The van der Waals surface area contributed by atoms with Gasteiger partial charge in [-0.3, -0.25) is 0 Å². The van der Waals surface area contributed by atoms with Gasteiger partial charge in [-0.2, -0.15) is 0 Å². The summed E-state index contributed by atoms with van der Waals surface area (Å²) in [7, 11) is 1.70. The van der Waals surface area contributed by atoms with Crippen molar-refractivity contribution in [1.29, 1.82) is 0 Å². The Morgan fingerprint density at radius 1 is 1.32 bits per heavy atom. The molecule has 0 bridgehead atoms. The molecule has 0 atom stereocenters. The number of hydrogen-bond acceptors (Lipinski definition) is 2. The average molecular weight is 282 g/mol. The number of nitrogens with one attached hydrogen (secondary N) is 1. The summed E-state index contributed by atoms with van der Waals surface area (Å²) in [5.41, 5.74) is 1.14. The van der Waals surface area contributed by atoms with Crippen molar-refractivity contribution < 1.29 is 4.74 Å². The topological polar surface area (TPSA) is 21.3 Å². The maximum atomic E-state index is 6.02. The Balaban J connectivity index is 1.68. The summed E-state index contributed by atoms with van der Waals surface area (Å²) >= 11 is 6.02. The van der Waals surface area contributed by atoms with Gasteiger partial charge in [0.25, 0.3) is 0 Å². The maximum Gasteiger partial charge on any atom is 0.123 e. The fraction of sp³-hybridized carbons (Fsp3) is 0.625. The Morgan fingerprint density at radius 3 is 2.84 bits per heavy atom. The summed E-state index contributed by atoms with van der Waals surface area (Å²) in [6, 6.07) is 5.77. The molecule has 106 valence electrons. The fourth-order valence-electron chi connectivity index (χ4n) is 2.92. The summed E-state index contributed by atoms with van der Waals surface area (Å²) in [5.74, 6) is 1.90. The Morgan fingerprint density at radius 2 is 2.11 bits per heavy atom. The normalized spacial score (nSPS) is 15.9. The number of ether oxygens (including phenoxy) is 1. The van der Waals surface area contributed by atoms with Crippen LogP contribution in [-0.4, -0.2) is 13.7 Å². The second-order valence-corrected chi connectivity index (χ2v) is 5.86. The van der Waals surface area contributed by atoms with Crippen molar-refractivity contribution >= 4 is 11.6 Å². The first-order chi connectivity index (χ1) is 9.29. The molecule has 0 aliphatic heterocycles. The molecule has 0 spiro atoms. The van der Waals surface area contributed by atoms with Gasteiger partial charge in [0.05, 0.1) is 7.11 Å². The summed E-state index contributed by atoms with van der Waals surface area (Å²) in [5, 5.41) is 4.26. The van der Waals surface area contributed by atoms with Crippen LogP contribution in [0.3, 0.4) is 0 Å². The van der Waals surface area contributed by atoms with Crippen molar-refractivity contribution in [2.75, 3.05) is 13.7 Å². The number of halogens is 1. The molecule has 1 N–H and O–H groups in total. The average Bonchev–Trinajstić information content (AvgIpc) is 2.92. The first-order valence-electron chi connectivity index (χ1n) is 7.32. The van der Waals surface area contributed by atoms with Crippen LogP contribution in [0, 0.1) is 5.92 Å². The third-order valence-electron chi connectivity index (χ3n) is 4.00. The molecule has 1 aromatic carbocycles. The molecule has 0 saturated heterocycles. The molecule has 19 heavy (non-hydrogen) atoms. The van der Waals surface area contributed by atoms with Crippen molar-refractivity contribution in [2.24, 2.45) is 5.92 Å². The molecule has 2 rings (SSSR count). The Bertz CT molecular complexity index is 388. The van der Waals surface area contributed by atoms with E-state index in [1.54, 1.807) is 7.11 Å². The zero-order chi connectivity index (χ0) is 13.5. The molecule has 0 unspecified atom stereocenters. The number of rotatable bonds is 7. The van der Waals surface area contributed by atoms with E-state index in [0.717, 1.165) is 35.3 Å². The van der Waals surface area contributed by atoms with Crippen LogP contribution >= 0.6 is 11.6 Å². The van der Waals surface area contributed by atoms with Gasteiger partial charge in [-0.1, -0.05) is 37.3 Å². The first kappa shape index (κ1) is 14.7. The van der Waals surface area contributed by atoms with Gasteiger partial charge in [-0.25, -0.2) is 0 Å². The van der Waals surface area contributed by atoms with E-state index >= 15 is 0 Å². The van der Waals surface area contributed by atoms with E-state index in [0.29, 0.717) is 0 Å². The Hall–Kier alpha value is -0.730. The monoisotopic (exact) mass is 281 g/mol. The summed E-state index contributed by atoms with van der Waals surface area (Å²) in [4.78, 5) is 0. The predicted molar refractivity (Wildman–Crippen MR) is 80.9 cm³/mol. The fourth-order valence-corrected chi connectivity index (χ4v) is 3.12. The van der Waals surface area contributed by atoms with Crippen LogP contribution < -0.4 is 10.1 Å². The minimum Gasteiger partial charge on any atom is -0.496 e. The highest BCUT2D eigenvalue weighted by Crippen LogP contribution is 2.28. The zero-order valence-electron chi connectivity index (χ0n) is 11.8. The lowest BCUT2D eigenvalue weighted by molar-refractivity contribution is 0.406. The first-order valence-corrected chi connectivity index (χ1v) is 7.70. The number of benzene rings is 1. The van der Waals surface area contributed by atoms with Crippen LogP contribution in [0.1, 0.15) is 44.1 Å². The van der Waals surface area contributed by atoms with Gasteiger partial charge < -0.3 is 10.1 Å². The molecule has 2 nitrogen and oxygen atoms in total. The van der Waals surface area contributed by atoms with E-state index < -0.39 is 0 Å². The minimum atomic E-state index is 0.767. The molecule has 1 aliphatic rings. The lowest BCUT2D eigenvalue weighted by Crippen LogP contribution is -2.16. The third-order valence-corrected chi connectivity index (χ3v) is 4.23. The van der Waals surface area contributed by atoms with Crippen LogP contribution in [-0.2, 0) is 6.54 Å². The molecule has 0 heterocycles. The zero-order valence-corrected chi connectivity index (χ0v) is 12.5. The van der Waals surface area contributed by atoms with Gasteiger partial charge in [-0.15, -0.1) is 0 Å². The van der Waals surface area contributed by atoms with Gasteiger partial charge in [0, 0.05) is 17.1 Å². The SMILES string of the molecule is COc1ccc(Cl)cc1CNCCCC1CCCC1. The molecule has 1 aromatic rings. The lowest BCUT2D eigenvalue weighted by Gasteiger charge is -2.11. The largest absolute Gasteiger partial charge is 0.496 e. The van der Waals surface area contributed by atoms with Gasteiger partial charge in [0.2, 0.25) is 0 Å². The van der Waals surface area contributed by atoms with Crippen molar-refractivity contribution in [3.8, 4) is 5.75 Å². The minimum absolute atomic E-state index is 0.767. The van der Waals surface area contributed by atoms with Crippen LogP contribution in [0.4, 0.5) is 0 Å². The summed E-state index contributed by atoms with van der Waals surface area (Å²) < 4.78 is 5.34. The van der Waals surface area contributed by atoms with Crippen molar-refractivity contribution in [1.82, 2.24) is 5.32 Å². The van der Waals surface area contributed by atoms with Crippen molar-refractivity contribution in [3.63, 3.8) is 0 Å². The second-order valence-electron chi connectivity index (χ2n) is 5.43. The molecule has 0 aromatic heterocycles. The Kier molecular flexibility index (Phi) is 5.99. The number of hydrogen-bond donors (Lipinski definition) is 1. The van der Waals surface area contributed by atoms with Crippen LogP contribution in [0.5, 0.6) is 5.75 Å². The molecule has 1 aliphatic carbocycles. The van der Waals surface area contributed by atoms with E-state index in [2.05, 4.69) is 5.32 Å². The highest BCUT2D eigenvalue weighted by molar-refractivity contribution is 6.30. The standard InChI is InChI=1S/C16H24ClNO/c1-19-16-9-8-15(17)11-14(16)12-18-10-4-7-13-5-2-3-6-13/h8-9,11,13,18H,2-7,10,12H2,1H3. The molecule has 0 radical (unpaired) electrons. The molecule has 1 fully saturated rings. The van der Waals surface area contributed by atoms with E-state index in [4.69, 9.17) is 16.3 Å². The Labute approximate surface area is 121 Å². The van der Waals surface area contributed by atoms with Gasteiger partial charge in [0.15, 0.2) is 0 Å². The third kappa shape index (κ3) is 4.70. The molecule has 0 amide bonds. The quantitative estimate of drug-likeness (QED) is 0.748. The van der Waals surface area contributed by atoms with E-state index in [-0.39, 0.29) is 0 Å². The van der Waals surface area contributed by atoms with Gasteiger partial charge in [0.1, 0.15) is 5.75 Å². The molecular weight excluding hydrogens is 258 g/mol. The van der Waals surface area contributed by atoms with Crippen LogP contribution in [0.25, 0.3) is 0 Å². The summed E-state index contributed by atoms with van der Waals surface area (Å²) in [6.07, 6.45) is 8.42. The van der Waals surface area contributed by atoms with Gasteiger partial charge >= 0.3 is 0 Å². The highest BCUT2D eigenvalue weighted by atomic mass is 35.5. The predicted octanol–water partition coefficient (Wildman–Crippen LogP) is 4.41. The lowest BCUT2D eigenvalue weighted by atomic mass is 10.0. The van der Waals surface area contributed by atoms with Crippen LogP contribution in [0.15, 0.2) is 18.2 Å². The number of methoxy groups -OCH3 is 1. The van der Waals surface area contributed by atoms with Crippen molar-refractivity contribution in [3.05, 3.63) is 28.8 Å². The smallest absolute Gasteiger partial charge is 0.123 e. The highest BCUT2D eigenvalue weighted by Gasteiger charge is 2.13.